The van der Waals surface area contributed by atoms with Crippen molar-refractivity contribution in [1.29, 1.82) is 0 Å². The number of aliphatic carboxylic acids is 3. The lowest BCUT2D eigenvalue weighted by molar-refractivity contribution is -0.142. The maximum atomic E-state index is 11.4. The van der Waals surface area contributed by atoms with Crippen LogP contribution in [-0.4, -0.2) is 58.3 Å². The van der Waals surface area contributed by atoms with Gasteiger partial charge in [-0.15, -0.1) is 0 Å². The Bertz CT molecular complexity index is 397. The summed E-state index contributed by atoms with van der Waals surface area (Å²) < 4.78 is 0. The van der Waals surface area contributed by atoms with E-state index in [9.17, 15) is 19.2 Å². The number of carboxylic acids is 3. The molecule has 0 saturated heterocycles. The number of carboxylic acid groups (broad SMARTS) is 3. The highest BCUT2D eigenvalue weighted by molar-refractivity contribution is 5.85. The minimum atomic E-state index is -1.24. The lowest BCUT2D eigenvalue weighted by atomic mass is 10.1. The van der Waals surface area contributed by atoms with E-state index in [0.717, 1.165) is 0 Å². The summed E-state index contributed by atoms with van der Waals surface area (Å²) in [6.07, 6.45) is -0.0966. The topological polar surface area (TPSA) is 153 Å². The summed E-state index contributed by atoms with van der Waals surface area (Å²) >= 11 is 0. The van der Waals surface area contributed by atoms with E-state index in [0.29, 0.717) is 0 Å². The molecule has 9 heteroatoms. The maximum Gasteiger partial charge on any atom is 0.326 e. The van der Waals surface area contributed by atoms with Gasteiger partial charge in [-0.25, -0.2) is 4.79 Å². The Labute approximate surface area is 121 Å². The number of carbonyl (C=O) groups excluding carboxylic acids is 1. The van der Waals surface area contributed by atoms with Gasteiger partial charge >= 0.3 is 17.9 Å². The maximum absolute atomic E-state index is 11.4. The molecule has 0 aliphatic heterocycles. The van der Waals surface area contributed by atoms with Crippen LogP contribution in [0.25, 0.3) is 0 Å². The molecule has 0 rings (SSSR count). The number of amides is 1. The molecule has 120 valence electrons. The molecule has 2 unspecified atom stereocenters. The third kappa shape index (κ3) is 8.58. The van der Waals surface area contributed by atoms with Crippen LogP contribution >= 0.6 is 0 Å². The molecule has 0 aliphatic rings. The summed E-state index contributed by atoms with van der Waals surface area (Å²) in [5, 5.41) is 31.0. The molecule has 0 fully saturated rings. The van der Waals surface area contributed by atoms with Crippen molar-refractivity contribution in [3.05, 3.63) is 0 Å². The van der Waals surface area contributed by atoms with Gasteiger partial charge in [0.15, 0.2) is 0 Å². The summed E-state index contributed by atoms with van der Waals surface area (Å²) in [4.78, 5) is 43.4. The number of hydrogen-bond donors (Lipinski definition) is 5. The molecule has 0 bridgehead atoms. The summed E-state index contributed by atoms with van der Waals surface area (Å²) in [5.74, 6) is -4.08. The van der Waals surface area contributed by atoms with Crippen LogP contribution in [0.1, 0.15) is 32.1 Å². The number of rotatable bonds is 11. The zero-order chi connectivity index (χ0) is 16.4. The van der Waals surface area contributed by atoms with Crippen molar-refractivity contribution in [1.82, 2.24) is 10.6 Å². The third-order valence-electron chi connectivity index (χ3n) is 2.83. The van der Waals surface area contributed by atoms with Gasteiger partial charge in [0, 0.05) is 6.42 Å². The molecular weight excluding hydrogens is 284 g/mol. The molecule has 0 aromatic carbocycles. The average Bonchev–Trinajstić information content (AvgIpc) is 2.39. The average molecular weight is 304 g/mol. The van der Waals surface area contributed by atoms with Gasteiger partial charge in [-0.2, -0.15) is 0 Å². The molecule has 0 saturated carbocycles. The van der Waals surface area contributed by atoms with Gasteiger partial charge in [-0.3, -0.25) is 14.4 Å². The van der Waals surface area contributed by atoms with E-state index in [1.807, 2.05) is 0 Å². The van der Waals surface area contributed by atoms with E-state index in [1.54, 1.807) is 0 Å². The molecule has 0 aliphatic carbocycles. The third-order valence-corrected chi connectivity index (χ3v) is 2.83. The highest BCUT2D eigenvalue weighted by atomic mass is 16.4. The van der Waals surface area contributed by atoms with Crippen LogP contribution in [0.3, 0.4) is 0 Å². The first kappa shape index (κ1) is 18.8. The van der Waals surface area contributed by atoms with Gasteiger partial charge in [0.05, 0.1) is 6.42 Å². The molecule has 0 heterocycles. The van der Waals surface area contributed by atoms with Crippen LogP contribution in [-0.2, 0) is 19.2 Å². The fourth-order valence-electron chi connectivity index (χ4n) is 1.66. The van der Waals surface area contributed by atoms with Crippen LogP contribution in [0, 0.1) is 0 Å². The minimum Gasteiger partial charge on any atom is -0.481 e. The predicted molar refractivity (Wildman–Crippen MR) is 70.8 cm³/mol. The molecule has 5 N–H and O–H groups in total. The first-order valence-electron chi connectivity index (χ1n) is 6.42. The van der Waals surface area contributed by atoms with Crippen molar-refractivity contribution in [3.63, 3.8) is 0 Å². The molecule has 0 spiro atoms. The van der Waals surface area contributed by atoms with Crippen molar-refractivity contribution in [2.45, 2.75) is 44.2 Å². The molecular formula is C12H20N2O7. The van der Waals surface area contributed by atoms with Crippen LogP contribution in [0.5, 0.6) is 0 Å². The molecule has 9 nitrogen and oxygen atoms in total. The lowest BCUT2D eigenvalue weighted by Crippen LogP contribution is -2.41. The van der Waals surface area contributed by atoms with Crippen LogP contribution in [0.4, 0.5) is 0 Å². The Morgan fingerprint density at radius 3 is 1.86 bits per heavy atom. The Balaban J connectivity index is 4.25. The number of nitrogens with one attached hydrogen (secondary N) is 2. The van der Waals surface area contributed by atoms with Gasteiger partial charge in [0.25, 0.3) is 0 Å². The molecule has 0 aromatic rings. The normalized spacial score (nSPS) is 13.2. The van der Waals surface area contributed by atoms with Gasteiger partial charge in [-0.1, -0.05) is 0 Å². The fourth-order valence-corrected chi connectivity index (χ4v) is 1.66. The van der Waals surface area contributed by atoms with Crippen LogP contribution in [0.15, 0.2) is 0 Å². The van der Waals surface area contributed by atoms with E-state index in [1.165, 1.54) is 7.05 Å². The first-order valence-corrected chi connectivity index (χ1v) is 6.42. The second-order valence-electron chi connectivity index (χ2n) is 4.46. The summed E-state index contributed by atoms with van der Waals surface area (Å²) in [6, 6.07) is -1.93. The monoisotopic (exact) mass is 304 g/mol. The highest BCUT2D eigenvalue weighted by Gasteiger charge is 2.21. The molecule has 2 atom stereocenters. The molecule has 1 amide bonds. The Kier molecular flexibility index (Phi) is 8.70. The zero-order valence-corrected chi connectivity index (χ0v) is 11.7. The lowest BCUT2D eigenvalue weighted by Gasteiger charge is -2.16. The highest BCUT2D eigenvalue weighted by Crippen LogP contribution is 2.06. The standard InChI is InChI=1S/C12H20N2O7/c1-13-7(11(18)19)3-2-4-8(12(20)21)14-9(15)5-6-10(16)17/h7-8,13H,2-6H2,1H3,(H,14,15)(H,16,17)(H,18,19)(H,20,21). The number of carbonyl (C=O) groups is 4. The Hall–Kier alpha value is -2.16. The largest absolute Gasteiger partial charge is 0.481 e. The van der Waals surface area contributed by atoms with E-state index in [2.05, 4.69) is 10.6 Å². The smallest absolute Gasteiger partial charge is 0.326 e. The predicted octanol–water partition coefficient (Wildman–Crippen LogP) is -0.736. The minimum absolute atomic E-state index is 0.0691. The Morgan fingerprint density at radius 2 is 1.43 bits per heavy atom. The summed E-state index contributed by atoms with van der Waals surface area (Å²) in [5.41, 5.74) is 0. The second-order valence-corrected chi connectivity index (χ2v) is 4.46. The zero-order valence-electron chi connectivity index (χ0n) is 11.7. The van der Waals surface area contributed by atoms with E-state index in [4.69, 9.17) is 15.3 Å². The second kappa shape index (κ2) is 9.70. The van der Waals surface area contributed by atoms with Gasteiger partial charge in [0.1, 0.15) is 12.1 Å². The van der Waals surface area contributed by atoms with E-state index in [-0.39, 0.29) is 32.1 Å². The van der Waals surface area contributed by atoms with Crippen LogP contribution < -0.4 is 10.6 Å². The van der Waals surface area contributed by atoms with Crippen molar-refractivity contribution >= 4 is 23.8 Å². The quantitative estimate of drug-likeness (QED) is 0.334. The summed E-state index contributed by atoms with van der Waals surface area (Å²) in [7, 11) is 1.49. The van der Waals surface area contributed by atoms with Gasteiger partial charge in [-0.05, 0) is 26.3 Å². The molecule has 0 radical (unpaired) electrons. The van der Waals surface area contributed by atoms with Gasteiger partial charge in [0.2, 0.25) is 5.91 Å². The molecule has 21 heavy (non-hydrogen) atoms. The Morgan fingerprint density at radius 1 is 0.905 bits per heavy atom. The number of likely N-dealkylation sites (N-methyl/N-ethyl adjacent to an activating group) is 1. The number of hydrogen-bond acceptors (Lipinski definition) is 5. The molecule has 0 aromatic heterocycles. The first-order chi connectivity index (χ1) is 9.77. The van der Waals surface area contributed by atoms with Gasteiger partial charge < -0.3 is 26.0 Å². The fraction of sp³-hybridized carbons (Fsp3) is 0.667. The van der Waals surface area contributed by atoms with Crippen molar-refractivity contribution in [2.24, 2.45) is 0 Å². The van der Waals surface area contributed by atoms with Crippen molar-refractivity contribution in [2.75, 3.05) is 7.05 Å². The van der Waals surface area contributed by atoms with Crippen molar-refractivity contribution in [3.8, 4) is 0 Å². The van der Waals surface area contributed by atoms with E-state index >= 15 is 0 Å². The van der Waals surface area contributed by atoms with Crippen LogP contribution in [0.2, 0.25) is 0 Å². The summed E-state index contributed by atoms with van der Waals surface area (Å²) in [6.45, 7) is 0. The van der Waals surface area contributed by atoms with E-state index < -0.39 is 35.9 Å². The van der Waals surface area contributed by atoms with Crippen molar-refractivity contribution < 1.29 is 34.5 Å². The SMILES string of the molecule is CNC(CCCC(NC(=O)CCC(=O)O)C(=O)O)C(=O)O.